The van der Waals surface area contributed by atoms with Crippen LogP contribution in [-0.4, -0.2) is 55.4 Å². The number of hydrogen-bond donors (Lipinski definition) is 2. The van der Waals surface area contributed by atoms with Crippen LogP contribution in [0.2, 0.25) is 0 Å². The van der Waals surface area contributed by atoms with Crippen molar-refractivity contribution in [2.24, 2.45) is 5.73 Å². The van der Waals surface area contributed by atoms with Gasteiger partial charge < -0.3 is 20.3 Å². The minimum atomic E-state index is -1.27. The fraction of sp³-hybridized carbons (Fsp3) is 0.500. The Morgan fingerprint density at radius 2 is 2.00 bits per heavy atom. The first-order valence-electron chi connectivity index (χ1n) is 6.67. The molecule has 1 fully saturated rings. The topological polar surface area (TPSA) is 85.0 Å². The van der Waals surface area contributed by atoms with E-state index >= 15 is 0 Å². The van der Waals surface area contributed by atoms with Crippen molar-refractivity contribution in [1.82, 2.24) is 4.90 Å². The first kappa shape index (κ1) is 14.8. The number of ether oxygens (including phenoxy) is 2. The average molecular weight is 280 g/mol. The number of nitrogens with zero attached hydrogens (tertiary/aromatic N) is 1. The quantitative estimate of drug-likeness (QED) is 0.761. The summed E-state index contributed by atoms with van der Waals surface area (Å²) in [6.45, 7) is 4.88. The zero-order valence-electron chi connectivity index (χ0n) is 11.3. The van der Waals surface area contributed by atoms with Crippen LogP contribution in [0.15, 0.2) is 24.3 Å². The summed E-state index contributed by atoms with van der Waals surface area (Å²) in [6.07, 6.45) is -1.27. The molecule has 0 bridgehead atoms. The van der Waals surface area contributed by atoms with E-state index in [2.05, 4.69) is 4.90 Å². The van der Waals surface area contributed by atoms with Gasteiger partial charge in [0.25, 0.3) is 5.91 Å². The number of aliphatic hydroxyl groups is 1. The van der Waals surface area contributed by atoms with Gasteiger partial charge in [-0.25, -0.2) is 0 Å². The summed E-state index contributed by atoms with van der Waals surface area (Å²) in [5, 5.41) is 9.50. The molecule has 0 aromatic heterocycles. The second-order valence-corrected chi connectivity index (χ2v) is 4.68. The Balaban J connectivity index is 1.77. The van der Waals surface area contributed by atoms with Crippen molar-refractivity contribution in [3.05, 3.63) is 29.8 Å². The molecule has 110 valence electrons. The number of amides is 1. The molecule has 2 rings (SSSR count). The highest BCUT2D eigenvalue weighted by Crippen LogP contribution is 2.17. The van der Waals surface area contributed by atoms with Crippen LogP contribution in [0.25, 0.3) is 0 Å². The molecule has 6 nitrogen and oxygen atoms in total. The molecule has 3 N–H and O–H groups in total. The van der Waals surface area contributed by atoms with Gasteiger partial charge in [-0.2, -0.15) is 0 Å². The molecule has 1 aliphatic heterocycles. The Morgan fingerprint density at radius 3 is 2.60 bits per heavy atom. The van der Waals surface area contributed by atoms with Crippen molar-refractivity contribution in [3.8, 4) is 5.75 Å². The molecule has 1 unspecified atom stereocenters. The van der Waals surface area contributed by atoms with Gasteiger partial charge in [-0.3, -0.25) is 9.69 Å². The van der Waals surface area contributed by atoms with Gasteiger partial charge in [0.15, 0.2) is 6.10 Å². The van der Waals surface area contributed by atoms with E-state index in [-0.39, 0.29) is 0 Å². The molecule has 0 spiro atoms. The summed E-state index contributed by atoms with van der Waals surface area (Å²) >= 11 is 0. The van der Waals surface area contributed by atoms with Crippen LogP contribution in [0.5, 0.6) is 5.75 Å². The molecule has 1 amide bonds. The van der Waals surface area contributed by atoms with Crippen molar-refractivity contribution in [2.45, 2.75) is 6.10 Å². The number of carbonyl (C=O) groups excluding carboxylic acids is 1. The fourth-order valence-corrected chi connectivity index (χ4v) is 2.03. The molecule has 0 radical (unpaired) electrons. The van der Waals surface area contributed by atoms with Crippen molar-refractivity contribution in [3.63, 3.8) is 0 Å². The largest absolute Gasteiger partial charge is 0.492 e. The lowest BCUT2D eigenvalue weighted by Crippen LogP contribution is -2.38. The van der Waals surface area contributed by atoms with Crippen molar-refractivity contribution < 1.29 is 19.4 Å². The monoisotopic (exact) mass is 280 g/mol. The number of aliphatic hydroxyl groups excluding tert-OH is 1. The predicted octanol–water partition coefficient (Wildman–Crippen LogP) is -0.0837. The standard InChI is InChI=1S/C14H20N2O4/c15-14(18)13(17)11-1-3-12(4-2-11)20-10-7-16-5-8-19-9-6-16/h1-4,13,17H,5-10H2,(H2,15,18). The molecular weight excluding hydrogens is 260 g/mol. The van der Waals surface area contributed by atoms with Crippen LogP contribution in [0.3, 0.4) is 0 Å². The third-order valence-electron chi connectivity index (χ3n) is 3.25. The minimum Gasteiger partial charge on any atom is -0.492 e. The fourth-order valence-electron chi connectivity index (χ4n) is 2.03. The summed E-state index contributed by atoms with van der Waals surface area (Å²) in [6, 6.07) is 6.72. The minimum absolute atomic E-state index is 0.470. The molecule has 20 heavy (non-hydrogen) atoms. The van der Waals surface area contributed by atoms with Crippen LogP contribution in [0.1, 0.15) is 11.7 Å². The van der Waals surface area contributed by atoms with Gasteiger partial charge in [0.2, 0.25) is 0 Å². The maximum atomic E-state index is 10.9. The lowest BCUT2D eigenvalue weighted by molar-refractivity contribution is -0.126. The second-order valence-electron chi connectivity index (χ2n) is 4.68. The first-order valence-corrected chi connectivity index (χ1v) is 6.67. The molecule has 1 aliphatic rings. The number of hydrogen-bond acceptors (Lipinski definition) is 5. The van der Waals surface area contributed by atoms with E-state index in [0.717, 1.165) is 32.8 Å². The summed E-state index contributed by atoms with van der Waals surface area (Å²) in [7, 11) is 0. The number of morpholine rings is 1. The molecular formula is C14H20N2O4. The molecule has 1 aromatic rings. The van der Waals surface area contributed by atoms with Gasteiger partial charge in [-0.1, -0.05) is 12.1 Å². The Bertz CT molecular complexity index is 429. The second kappa shape index (κ2) is 7.23. The summed E-state index contributed by atoms with van der Waals surface area (Å²) in [4.78, 5) is 13.1. The van der Waals surface area contributed by atoms with E-state index < -0.39 is 12.0 Å². The Labute approximate surface area is 118 Å². The van der Waals surface area contributed by atoms with Crippen LogP contribution < -0.4 is 10.5 Å². The predicted molar refractivity (Wildman–Crippen MR) is 73.4 cm³/mol. The normalized spacial score (nSPS) is 17.6. The average Bonchev–Trinajstić information content (AvgIpc) is 2.48. The lowest BCUT2D eigenvalue weighted by Gasteiger charge is -2.26. The van der Waals surface area contributed by atoms with Crippen molar-refractivity contribution >= 4 is 5.91 Å². The molecule has 0 aliphatic carbocycles. The van der Waals surface area contributed by atoms with Gasteiger partial charge in [-0.05, 0) is 17.7 Å². The van der Waals surface area contributed by atoms with Gasteiger partial charge in [0.05, 0.1) is 13.2 Å². The highest BCUT2D eigenvalue weighted by Gasteiger charge is 2.13. The van der Waals surface area contributed by atoms with Gasteiger partial charge in [0.1, 0.15) is 12.4 Å². The van der Waals surface area contributed by atoms with E-state index in [1.165, 1.54) is 0 Å². The van der Waals surface area contributed by atoms with E-state index in [4.69, 9.17) is 15.2 Å². The SMILES string of the molecule is NC(=O)C(O)c1ccc(OCCN2CCOCC2)cc1. The highest BCUT2D eigenvalue weighted by molar-refractivity contribution is 5.80. The molecule has 1 atom stereocenters. The maximum absolute atomic E-state index is 10.9. The summed E-state index contributed by atoms with van der Waals surface area (Å²) in [5.74, 6) is -0.0512. The number of nitrogens with two attached hydrogens (primary N) is 1. The lowest BCUT2D eigenvalue weighted by atomic mass is 10.1. The third-order valence-corrected chi connectivity index (χ3v) is 3.25. The van der Waals surface area contributed by atoms with Gasteiger partial charge >= 0.3 is 0 Å². The summed E-state index contributed by atoms with van der Waals surface area (Å²) in [5.41, 5.74) is 5.50. The third kappa shape index (κ3) is 4.19. The Hall–Kier alpha value is -1.63. The van der Waals surface area contributed by atoms with Crippen LogP contribution in [0, 0.1) is 0 Å². The molecule has 1 aromatic carbocycles. The van der Waals surface area contributed by atoms with Crippen molar-refractivity contribution in [1.29, 1.82) is 0 Å². The van der Waals surface area contributed by atoms with E-state index in [0.29, 0.717) is 17.9 Å². The molecule has 6 heteroatoms. The maximum Gasteiger partial charge on any atom is 0.250 e. The van der Waals surface area contributed by atoms with E-state index in [1.807, 2.05) is 0 Å². The van der Waals surface area contributed by atoms with E-state index in [9.17, 15) is 9.90 Å². The zero-order chi connectivity index (χ0) is 14.4. The molecule has 1 saturated heterocycles. The molecule has 0 saturated carbocycles. The molecule has 1 heterocycles. The highest BCUT2D eigenvalue weighted by atomic mass is 16.5. The number of carbonyl (C=O) groups is 1. The first-order chi connectivity index (χ1) is 9.66. The van der Waals surface area contributed by atoms with Crippen LogP contribution in [0.4, 0.5) is 0 Å². The van der Waals surface area contributed by atoms with Gasteiger partial charge in [-0.15, -0.1) is 0 Å². The van der Waals surface area contributed by atoms with Crippen molar-refractivity contribution in [2.75, 3.05) is 39.5 Å². The Kier molecular flexibility index (Phi) is 5.34. The number of rotatable bonds is 6. The zero-order valence-corrected chi connectivity index (χ0v) is 11.3. The van der Waals surface area contributed by atoms with Gasteiger partial charge in [0, 0.05) is 19.6 Å². The Morgan fingerprint density at radius 1 is 1.35 bits per heavy atom. The van der Waals surface area contributed by atoms with E-state index in [1.54, 1.807) is 24.3 Å². The summed E-state index contributed by atoms with van der Waals surface area (Å²) < 4.78 is 10.9. The number of benzene rings is 1. The van der Waals surface area contributed by atoms with Crippen LogP contribution >= 0.6 is 0 Å². The van der Waals surface area contributed by atoms with Crippen LogP contribution in [-0.2, 0) is 9.53 Å². The smallest absolute Gasteiger partial charge is 0.250 e. The number of primary amides is 1.